The van der Waals surface area contributed by atoms with Crippen molar-refractivity contribution >= 4 is 29.4 Å². The van der Waals surface area contributed by atoms with Crippen LogP contribution >= 0.6 is 11.8 Å². The van der Waals surface area contributed by atoms with E-state index in [1.165, 1.54) is 28.8 Å². The second kappa shape index (κ2) is 10.2. The fourth-order valence-corrected chi connectivity index (χ4v) is 4.16. The van der Waals surface area contributed by atoms with Crippen molar-refractivity contribution < 1.29 is 29.0 Å². The molecule has 0 unspecified atom stereocenters. The summed E-state index contributed by atoms with van der Waals surface area (Å²) in [4.78, 5) is 38.9. The highest BCUT2D eigenvalue weighted by Crippen LogP contribution is 2.40. The number of phenolic OH excluding ortho intramolecular Hbond substituents is 1. The minimum atomic E-state index is -0.536. The van der Waals surface area contributed by atoms with Crippen molar-refractivity contribution in [3.63, 3.8) is 0 Å². The monoisotopic (exact) mass is 454 g/mol. The van der Waals surface area contributed by atoms with Crippen LogP contribution in [0, 0.1) is 11.3 Å². The van der Waals surface area contributed by atoms with Crippen molar-refractivity contribution in [3.8, 4) is 17.6 Å². The van der Waals surface area contributed by atoms with Crippen LogP contribution in [0.15, 0.2) is 35.2 Å². The maximum Gasteiger partial charge on any atom is 0.344 e. The number of aromatic hydroxyl groups is 1. The van der Waals surface area contributed by atoms with E-state index >= 15 is 0 Å². The standard InChI is InChI=1S/C23H22N2O6S/c1-3-30-20(27)13-31-19-8-7-17(21(28)22(19)32-4-2)18(26)12-25-11-15-9-14(10-24)5-6-16(15)23(25)29/h5-9,28H,3-4,11-13H2,1-2H3. The largest absolute Gasteiger partial charge is 0.506 e. The summed E-state index contributed by atoms with van der Waals surface area (Å²) < 4.78 is 10.3. The highest BCUT2D eigenvalue weighted by Gasteiger charge is 2.30. The lowest BCUT2D eigenvalue weighted by Crippen LogP contribution is -2.30. The Morgan fingerprint density at radius 1 is 1.25 bits per heavy atom. The van der Waals surface area contributed by atoms with E-state index in [4.69, 9.17) is 14.7 Å². The van der Waals surface area contributed by atoms with E-state index in [1.807, 2.05) is 13.0 Å². The van der Waals surface area contributed by atoms with Gasteiger partial charge in [0.05, 0.1) is 35.2 Å². The number of esters is 1. The second-order valence-electron chi connectivity index (χ2n) is 6.88. The molecule has 2 aromatic rings. The Balaban J connectivity index is 1.78. The summed E-state index contributed by atoms with van der Waals surface area (Å²) in [6.07, 6.45) is 0. The molecule has 1 heterocycles. The number of Topliss-reactive ketones (excluding diaryl/α,β-unsaturated/α-hetero) is 1. The summed E-state index contributed by atoms with van der Waals surface area (Å²) in [6.45, 7) is 3.48. The molecule has 0 atom stereocenters. The van der Waals surface area contributed by atoms with E-state index in [0.717, 1.165) is 0 Å². The smallest absolute Gasteiger partial charge is 0.344 e. The Hall–Kier alpha value is -3.51. The van der Waals surface area contributed by atoms with Gasteiger partial charge in [0.15, 0.2) is 12.4 Å². The minimum Gasteiger partial charge on any atom is -0.506 e. The second-order valence-corrected chi connectivity index (χ2v) is 8.16. The zero-order chi connectivity index (χ0) is 23.3. The van der Waals surface area contributed by atoms with Gasteiger partial charge in [0.2, 0.25) is 0 Å². The SMILES string of the molecule is CCOC(=O)COc1ccc(C(=O)CN2Cc3cc(C#N)ccc3C2=O)c(O)c1SCC. The van der Waals surface area contributed by atoms with Gasteiger partial charge in [0.1, 0.15) is 11.5 Å². The van der Waals surface area contributed by atoms with Crippen molar-refractivity contribution in [1.82, 2.24) is 4.90 Å². The van der Waals surface area contributed by atoms with E-state index in [0.29, 0.717) is 27.3 Å². The Kier molecular flexibility index (Phi) is 7.38. The molecule has 0 bridgehead atoms. The molecule has 32 heavy (non-hydrogen) atoms. The van der Waals surface area contributed by atoms with Crippen molar-refractivity contribution in [2.45, 2.75) is 25.3 Å². The predicted molar refractivity (Wildman–Crippen MR) is 117 cm³/mol. The molecule has 1 N–H and O–H groups in total. The Morgan fingerprint density at radius 3 is 2.72 bits per heavy atom. The first-order valence-corrected chi connectivity index (χ1v) is 11.0. The quantitative estimate of drug-likeness (QED) is 0.349. The fraction of sp³-hybridized carbons (Fsp3) is 0.304. The summed E-state index contributed by atoms with van der Waals surface area (Å²) in [5.74, 6) is -0.644. The van der Waals surface area contributed by atoms with E-state index in [2.05, 4.69) is 0 Å². The van der Waals surface area contributed by atoms with Gasteiger partial charge in [-0.3, -0.25) is 9.59 Å². The highest BCUT2D eigenvalue weighted by molar-refractivity contribution is 7.99. The first kappa shape index (κ1) is 23.2. The topological polar surface area (TPSA) is 117 Å². The first-order valence-electron chi connectivity index (χ1n) is 10.0. The molecule has 1 amide bonds. The number of hydrogen-bond donors (Lipinski definition) is 1. The van der Waals surface area contributed by atoms with Gasteiger partial charge in [-0.15, -0.1) is 11.8 Å². The number of carbonyl (C=O) groups excluding carboxylic acids is 3. The summed E-state index contributed by atoms with van der Waals surface area (Å²) in [6, 6.07) is 9.76. The number of rotatable bonds is 9. The van der Waals surface area contributed by atoms with Gasteiger partial charge in [0, 0.05) is 12.1 Å². The van der Waals surface area contributed by atoms with E-state index in [9.17, 15) is 19.5 Å². The molecule has 0 fully saturated rings. The number of carbonyl (C=O) groups is 3. The summed E-state index contributed by atoms with van der Waals surface area (Å²) in [7, 11) is 0. The number of amides is 1. The molecule has 1 aliphatic heterocycles. The molecule has 0 radical (unpaired) electrons. The average molecular weight is 455 g/mol. The number of nitriles is 1. The molecule has 8 nitrogen and oxygen atoms in total. The van der Waals surface area contributed by atoms with Crippen LogP contribution in [0.3, 0.4) is 0 Å². The molecule has 0 saturated carbocycles. The molecule has 2 aromatic carbocycles. The van der Waals surface area contributed by atoms with Crippen LogP contribution in [0.25, 0.3) is 0 Å². The molecule has 9 heteroatoms. The van der Waals surface area contributed by atoms with Crippen LogP contribution in [0.2, 0.25) is 0 Å². The summed E-state index contributed by atoms with van der Waals surface area (Å²) >= 11 is 1.27. The number of fused-ring (bicyclic) bond motifs is 1. The highest BCUT2D eigenvalue weighted by atomic mass is 32.2. The molecule has 0 aromatic heterocycles. The number of benzene rings is 2. The predicted octanol–water partition coefficient (Wildman–Crippen LogP) is 3.16. The lowest BCUT2D eigenvalue weighted by atomic mass is 10.1. The molecular formula is C23H22N2O6S. The number of phenols is 1. The molecule has 3 rings (SSSR count). The van der Waals surface area contributed by atoms with Gasteiger partial charge < -0.3 is 19.5 Å². The molecule has 1 aliphatic rings. The van der Waals surface area contributed by atoms with Crippen LogP contribution in [0.5, 0.6) is 11.5 Å². The van der Waals surface area contributed by atoms with Crippen molar-refractivity contribution in [2.24, 2.45) is 0 Å². The van der Waals surface area contributed by atoms with Crippen LogP contribution in [0.4, 0.5) is 0 Å². The molecule has 0 aliphatic carbocycles. The Bertz CT molecular complexity index is 1110. The van der Waals surface area contributed by atoms with Crippen molar-refractivity contribution in [1.29, 1.82) is 5.26 Å². The number of ether oxygens (including phenoxy) is 2. The maximum absolute atomic E-state index is 12.9. The third kappa shape index (κ3) is 4.86. The lowest BCUT2D eigenvalue weighted by molar-refractivity contribution is -0.145. The van der Waals surface area contributed by atoms with Gasteiger partial charge in [-0.1, -0.05) is 6.92 Å². The van der Waals surface area contributed by atoms with E-state index < -0.39 is 11.8 Å². The average Bonchev–Trinajstić information content (AvgIpc) is 3.08. The molecule has 0 saturated heterocycles. The minimum absolute atomic E-state index is 0.0610. The van der Waals surface area contributed by atoms with Gasteiger partial charge in [-0.2, -0.15) is 5.26 Å². The van der Waals surface area contributed by atoms with Crippen LogP contribution in [-0.4, -0.2) is 53.2 Å². The summed E-state index contributed by atoms with van der Waals surface area (Å²) in [5, 5.41) is 19.8. The number of nitrogens with zero attached hydrogens (tertiary/aromatic N) is 2. The first-order chi connectivity index (χ1) is 15.4. The maximum atomic E-state index is 12.9. The van der Waals surface area contributed by atoms with E-state index in [1.54, 1.807) is 25.1 Å². The Morgan fingerprint density at radius 2 is 2.03 bits per heavy atom. The third-order valence-electron chi connectivity index (χ3n) is 4.78. The van der Waals surface area contributed by atoms with Gasteiger partial charge in [-0.25, -0.2) is 4.79 Å². The molecule has 0 spiro atoms. The zero-order valence-corrected chi connectivity index (χ0v) is 18.5. The Labute approximate surface area is 189 Å². The van der Waals surface area contributed by atoms with Gasteiger partial charge >= 0.3 is 5.97 Å². The number of thioether (sulfide) groups is 1. The van der Waals surface area contributed by atoms with Crippen LogP contribution in [0.1, 0.15) is 45.7 Å². The van der Waals surface area contributed by atoms with Crippen molar-refractivity contribution in [2.75, 3.05) is 25.5 Å². The third-order valence-corrected chi connectivity index (χ3v) is 5.75. The van der Waals surface area contributed by atoms with Gasteiger partial charge in [0.25, 0.3) is 5.91 Å². The van der Waals surface area contributed by atoms with Crippen LogP contribution in [-0.2, 0) is 16.1 Å². The van der Waals surface area contributed by atoms with E-state index in [-0.39, 0.29) is 49.3 Å². The van der Waals surface area contributed by atoms with Crippen LogP contribution < -0.4 is 4.74 Å². The summed E-state index contributed by atoms with van der Waals surface area (Å²) in [5.41, 5.74) is 1.66. The lowest BCUT2D eigenvalue weighted by Gasteiger charge is -2.17. The normalized spacial score (nSPS) is 12.3. The zero-order valence-electron chi connectivity index (χ0n) is 17.7. The molecular weight excluding hydrogens is 432 g/mol. The van der Waals surface area contributed by atoms with Gasteiger partial charge in [-0.05, 0) is 48.6 Å². The van der Waals surface area contributed by atoms with Crippen molar-refractivity contribution in [3.05, 3.63) is 52.6 Å². The molecule has 166 valence electrons. The number of ketones is 1. The number of hydrogen-bond acceptors (Lipinski definition) is 8. The fourth-order valence-electron chi connectivity index (χ4n) is 3.35.